The van der Waals surface area contributed by atoms with Gasteiger partial charge in [-0.15, -0.1) is 0 Å². The highest BCUT2D eigenvalue weighted by molar-refractivity contribution is 5.77. The number of nitrogens with zero attached hydrogens (tertiary/aromatic N) is 1. The van der Waals surface area contributed by atoms with Gasteiger partial charge in [-0.25, -0.2) is 0 Å². The van der Waals surface area contributed by atoms with Gasteiger partial charge in [0.05, 0.1) is 19.6 Å². The first-order valence-electron chi connectivity index (χ1n) is 4.72. The smallest absolute Gasteiger partial charge is 0.319 e. The number of ether oxygens (including phenoxy) is 1. The Morgan fingerprint density at radius 3 is 2.86 bits per heavy atom. The molecule has 1 aliphatic rings. The molecule has 0 radical (unpaired) electrons. The molecule has 1 unspecified atom stereocenters. The van der Waals surface area contributed by atoms with Crippen molar-refractivity contribution in [2.24, 2.45) is 11.7 Å². The summed E-state index contributed by atoms with van der Waals surface area (Å²) in [5.74, 6) is -0.664. The summed E-state index contributed by atoms with van der Waals surface area (Å²) in [6.07, 6.45) is 1.73. The van der Waals surface area contributed by atoms with Gasteiger partial charge in [0.2, 0.25) is 5.91 Å². The number of carbonyl (C=O) groups excluding carboxylic acids is 2. The second kappa shape index (κ2) is 4.95. The molecule has 5 nitrogen and oxygen atoms in total. The number of hydrogen-bond acceptors (Lipinski definition) is 4. The predicted octanol–water partition coefficient (Wildman–Crippen LogP) is -0.643. The van der Waals surface area contributed by atoms with Crippen molar-refractivity contribution in [2.75, 3.05) is 26.7 Å². The fraction of sp³-hybridized carbons (Fsp3) is 0.778. The molecule has 1 atom stereocenters. The monoisotopic (exact) mass is 200 g/mol. The number of amides is 1. The van der Waals surface area contributed by atoms with Crippen molar-refractivity contribution in [2.45, 2.75) is 12.8 Å². The van der Waals surface area contributed by atoms with E-state index in [2.05, 4.69) is 4.74 Å². The van der Waals surface area contributed by atoms with E-state index in [-0.39, 0.29) is 24.3 Å². The fourth-order valence-corrected chi connectivity index (χ4v) is 1.68. The molecule has 1 heterocycles. The van der Waals surface area contributed by atoms with Crippen LogP contribution in [0, 0.1) is 5.92 Å². The lowest BCUT2D eigenvalue weighted by molar-refractivity contribution is -0.143. The zero-order chi connectivity index (χ0) is 10.6. The Morgan fingerprint density at radius 2 is 2.29 bits per heavy atom. The van der Waals surface area contributed by atoms with Crippen LogP contribution in [-0.4, -0.2) is 43.5 Å². The Hall–Kier alpha value is -1.10. The topological polar surface area (TPSA) is 72.6 Å². The minimum absolute atomic E-state index is 0.117. The van der Waals surface area contributed by atoms with Gasteiger partial charge in [0.1, 0.15) is 0 Å². The zero-order valence-electron chi connectivity index (χ0n) is 8.36. The molecule has 0 spiro atoms. The van der Waals surface area contributed by atoms with E-state index in [0.717, 1.165) is 19.4 Å². The molecule has 0 aromatic rings. The number of likely N-dealkylation sites (tertiary alicyclic amines) is 1. The van der Waals surface area contributed by atoms with Gasteiger partial charge >= 0.3 is 5.97 Å². The normalized spacial score (nSPS) is 23.1. The lowest BCUT2D eigenvalue weighted by Crippen LogP contribution is -2.43. The Balaban J connectivity index is 2.40. The molecule has 0 aliphatic carbocycles. The van der Waals surface area contributed by atoms with Gasteiger partial charge in [-0.1, -0.05) is 0 Å². The van der Waals surface area contributed by atoms with Crippen molar-refractivity contribution in [1.29, 1.82) is 0 Å². The molecule has 1 fully saturated rings. The van der Waals surface area contributed by atoms with Crippen LogP contribution in [0.3, 0.4) is 0 Å². The first kappa shape index (κ1) is 11.0. The maximum atomic E-state index is 11.0. The second-order valence-corrected chi connectivity index (χ2v) is 3.55. The van der Waals surface area contributed by atoms with Crippen LogP contribution in [-0.2, 0) is 14.3 Å². The molecule has 0 saturated carbocycles. The average Bonchev–Trinajstić information content (AvgIpc) is 2.18. The number of esters is 1. The van der Waals surface area contributed by atoms with E-state index < -0.39 is 0 Å². The van der Waals surface area contributed by atoms with Crippen molar-refractivity contribution in [3.05, 3.63) is 0 Å². The highest BCUT2D eigenvalue weighted by Crippen LogP contribution is 2.15. The van der Waals surface area contributed by atoms with Gasteiger partial charge in [0.25, 0.3) is 0 Å². The van der Waals surface area contributed by atoms with E-state index >= 15 is 0 Å². The average molecular weight is 200 g/mol. The molecule has 0 aromatic heterocycles. The molecule has 1 rings (SSSR count). The quantitative estimate of drug-likeness (QED) is 0.615. The first-order valence-corrected chi connectivity index (χ1v) is 4.72. The molecule has 1 aliphatic heterocycles. The summed E-state index contributed by atoms with van der Waals surface area (Å²) < 4.78 is 4.55. The Morgan fingerprint density at radius 1 is 1.57 bits per heavy atom. The zero-order valence-corrected chi connectivity index (χ0v) is 8.36. The summed E-state index contributed by atoms with van der Waals surface area (Å²) in [5.41, 5.74) is 5.21. The molecule has 0 bridgehead atoms. The van der Waals surface area contributed by atoms with Gasteiger partial charge in [-0.2, -0.15) is 0 Å². The van der Waals surface area contributed by atoms with Crippen molar-refractivity contribution < 1.29 is 14.3 Å². The minimum Gasteiger partial charge on any atom is -0.468 e. The number of nitrogens with two attached hydrogens (primary N) is 1. The summed E-state index contributed by atoms with van der Waals surface area (Å²) in [6, 6.07) is 0. The van der Waals surface area contributed by atoms with E-state index in [4.69, 9.17) is 5.73 Å². The summed E-state index contributed by atoms with van der Waals surface area (Å²) in [4.78, 5) is 23.8. The van der Waals surface area contributed by atoms with Crippen LogP contribution in [0.5, 0.6) is 0 Å². The number of hydrogen-bond donors (Lipinski definition) is 1. The summed E-state index contributed by atoms with van der Waals surface area (Å²) in [7, 11) is 1.36. The molecule has 14 heavy (non-hydrogen) atoms. The molecular weight excluding hydrogens is 184 g/mol. The fourth-order valence-electron chi connectivity index (χ4n) is 1.68. The lowest BCUT2D eigenvalue weighted by atomic mass is 9.97. The van der Waals surface area contributed by atoms with Crippen LogP contribution < -0.4 is 5.73 Å². The summed E-state index contributed by atoms with van der Waals surface area (Å²) in [5, 5.41) is 0. The summed E-state index contributed by atoms with van der Waals surface area (Å²) in [6.45, 7) is 1.66. The maximum Gasteiger partial charge on any atom is 0.319 e. The third-order valence-corrected chi connectivity index (χ3v) is 2.49. The lowest BCUT2D eigenvalue weighted by Gasteiger charge is -2.29. The van der Waals surface area contributed by atoms with E-state index in [1.165, 1.54) is 7.11 Å². The standard InChI is InChI=1S/C9H16N2O3/c1-14-8(12)6-11-4-2-3-7(5-11)9(10)13/h7H,2-6H2,1H3,(H2,10,13). The molecule has 1 saturated heterocycles. The Bertz CT molecular complexity index is 230. The molecule has 2 N–H and O–H groups in total. The number of piperidine rings is 1. The number of rotatable bonds is 3. The molecule has 5 heteroatoms. The predicted molar refractivity (Wildman–Crippen MR) is 50.4 cm³/mol. The highest BCUT2D eigenvalue weighted by Gasteiger charge is 2.25. The summed E-state index contributed by atoms with van der Waals surface area (Å²) >= 11 is 0. The third kappa shape index (κ3) is 2.99. The molecule has 80 valence electrons. The van der Waals surface area contributed by atoms with Crippen LogP contribution in [0.1, 0.15) is 12.8 Å². The maximum absolute atomic E-state index is 11.0. The van der Waals surface area contributed by atoms with E-state index in [0.29, 0.717) is 6.54 Å². The minimum atomic E-state index is -0.278. The van der Waals surface area contributed by atoms with Gasteiger partial charge < -0.3 is 10.5 Å². The first-order chi connectivity index (χ1) is 6.63. The molecule has 1 amide bonds. The largest absolute Gasteiger partial charge is 0.468 e. The van der Waals surface area contributed by atoms with E-state index in [9.17, 15) is 9.59 Å². The second-order valence-electron chi connectivity index (χ2n) is 3.55. The van der Waals surface area contributed by atoms with Crippen molar-refractivity contribution in [3.8, 4) is 0 Å². The van der Waals surface area contributed by atoms with Gasteiger partial charge in [0, 0.05) is 6.54 Å². The molecule has 0 aromatic carbocycles. The van der Waals surface area contributed by atoms with E-state index in [1.54, 1.807) is 0 Å². The highest BCUT2D eigenvalue weighted by atomic mass is 16.5. The number of methoxy groups -OCH3 is 1. The van der Waals surface area contributed by atoms with Gasteiger partial charge in [-0.05, 0) is 19.4 Å². The van der Waals surface area contributed by atoms with Gasteiger partial charge in [-0.3, -0.25) is 14.5 Å². The number of carbonyl (C=O) groups is 2. The Kier molecular flexibility index (Phi) is 3.88. The van der Waals surface area contributed by atoms with E-state index in [1.807, 2.05) is 4.90 Å². The SMILES string of the molecule is COC(=O)CN1CCCC(C(N)=O)C1. The van der Waals surface area contributed by atoms with Crippen molar-refractivity contribution in [1.82, 2.24) is 4.90 Å². The van der Waals surface area contributed by atoms with Crippen LogP contribution in [0.4, 0.5) is 0 Å². The van der Waals surface area contributed by atoms with Crippen LogP contribution in [0.2, 0.25) is 0 Å². The molecular formula is C9H16N2O3. The van der Waals surface area contributed by atoms with Crippen LogP contribution in [0.15, 0.2) is 0 Å². The van der Waals surface area contributed by atoms with Crippen LogP contribution >= 0.6 is 0 Å². The van der Waals surface area contributed by atoms with Crippen molar-refractivity contribution >= 4 is 11.9 Å². The third-order valence-electron chi connectivity index (χ3n) is 2.49. The van der Waals surface area contributed by atoms with Gasteiger partial charge in [0.15, 0.2) is 0 Å². The van der Waals surface area contributed by atoms with Crippen LogP contribution in [0.25, 0.3) is 0 Å². The Labute approximate surface area is 83.2 Å². The number of primary amides is 1. The van der Waals surface area contributed by atoms with Crippen molar-refractivity contribution in [3.63, 3.8) is 0 Å².